The molecule has 1 aromatic heterocycles. The van der Waals surface area contributed by atoms with E-state index in [1.165, 1.54) is 23.1 Å². The molecule has 1 heterocycles. The number of nitrogens with zero attached hydrogens (tertiary/aromatic N) is 3. The van der Waals surface area contributed by atoms with Crippen molar-refractivity contribution in [1.82, 2.24) is 14.8 Å². The number of carboxylic acid groups (broad SMARTS) is 1. The highest BCUT2D eigenvalue weighted by Crippen LogP contribution is 2.12. The standard InChI is InChI=1S/C10H8FN3O2/c1-6-4-7(2-3-8(6)11)14-5-12-9(13-14)10(15)16/h2-5H,1H3,(H,15,16). The topological polar surface area (TPSA) is 68.0 Å². The van der Waals surface area contributed by atoms with Crippen molar-refractivity contribution in [2.24, 2.45) is 0 Å². The highest BCUT2D eigenvalue weighted by atomic mass is 19.1. The Labute approximate surface area is 90.2 Å². The van der Waals surface area contributed by atoms with E-state index in [0.717, 1.165) is 0 Å². The molecule has 1 N–H and O–H groups in total. The van der Waals surface area contributed by atoms with Gasteiger partial charge in [0.2, 0.25) is 0 Å². The summed E-state index contributed by atoms with van der Waals surface area (Å²) in [6.07, 6.45) is 1.27. The maximum atomic E-state index is 13.0. The van der Waals surface area contributed by atoms with Crippen molar-refractivity contribution in [1.29, 1.82) is 0 Å². The highest BCUT2D eigenvalue weighted by molar-refractivity contribution is 5.82. The molecule has 5 nitrogen and oxygen atoms in total. The minimum atomic E-state index is -1.20. The number of aromatic carboxylic acids is 1. The molecule has 16 heavy (non-hydrogen) atoms. The zero-order valence-electron chi connectivity index (χ0n) is 8.38. The zero-order chi connectivity index (χ0) is 11.7. The maximum Gasteiger partial charge on any atom is 0.375 e. The summed E-state index contributed by atoms with van der Waals surface area (Å²) in [5.41, 5.74) is 1.03. The summed E-state index contributed by atoms with van der Waals surface area (Å²) < 4.78 is 14.3. The minimum absolute atomic E-state index is 0.290. The average molecular weight is 221 g/mol. The number of carbonyl (C=O) groups is 1. The number of rotatable bonds is 2. The lowest BCUT2D eigenvalue weighted by atomic mass is 10.2. The first-order chi connectivity index (χ1) is 7.58. The molecule has 0 aliphatic heterocycles. The molecule has 1 aromatic carbocycles. The first-order valence-electron chi connectivity index (χ1n) is 4.49. The molecule has 0 spiro atoms. The average Bonchev–Trinajstić information content (AvgIpc) is 2.71. The Morgan fingerprint density at radius 1 is 1.50 bits per heavy atom. The van der Waals surface area contributed by atoms with Gasteiger partial charge in [0.05, 0.1) is 5.69 Å². The molecular weight excluding hydrogens is 213 g/mol. The van der Waals surface area contributed by atoms with Gasteiger partial charge in [0.15, 0.2) is 0 Å². The van der Waals surface area contributed by atoms with Crippen LogP contribution in [0.1, 0.15) is 16.2 Å². The second-order valence-corrected chi connectivity index (χ2v) is 3.25. The van der Waals surface area contributed by atoms with Crippen molar-refractivity contribution in [3.63, 3.8) is 0 Å². The number of benzene rings is 1. The van der Waals surface area contributed by atoms with Crippen LogP contribution in [0.25, 0.3) is 5.69 Å². The maximum absolute atomic E-state index is 13.0. The quantitative estimate of drug-likeness (QED) is 0.832. The summed E-state index contributed by atoms with van der Waals surface area (Å²) in [5.74, 6) is -1.80. The van der Waals surface area contributed by atoms with Crippen LogP contribution in [0.5, 0.6) is 0 Å². The molecule has 0 unspecified atom stereocenters. The molecule has 82 valence electrons. The van der Waals surface area contributed by atoms with E-state index in [0.29, 0.717) is 11.3 Å². The Kier molecular flexibility index (Phi) is 2.40. The number of aryl methyl sites for hydroxylation is 1. The Balaban J connectivity index is 2.42. The number of hydrogen-bond donors (Lipinski definition) is 1. The molecule has 0 amide bonds. The molecule has 0 atom stereocenters. The van der Waals surface area contributed by atoms with Gasteiger partial charge >= 0.3 is 5.97 Å². The third-order valence-corrected chi connectivity index (χ3v) is 2.09. The Hall–Kier alpha value is -2.24. The normalized spacial score (nSPS) is 10.4. The van der Waals surface area contributed by atoms with Gasteiger partial charge < -0.3 is 5.11 Å². The summed E-state index contributed by atoms with van der Waals surface area (Å²) in [7, 11) is 0. The van der Waals surface area contributed by atoms with E-state index in [9.17, 15) is 9.18 Å². The summed E-state index contributed by atoms with van der Waals surface area (Å²) in [5, 5.41) is 12.4. The zero-order valence-corrected chi connectivity index (χ0v) is 8.38. The fourth-order valence-electron chi connectivity index (χ4n) is 1.26. The van der Waals surface area contributed by atoms with Crippen LogP contribution in [0, 0.1) is 12.7 Å². The number of hydrogen-bond acceptors (Lipinski definition) is 3. The Bertz CT molecular complexity index is 551. The van der Waals surface area contributed by atoms with Gasteiger partial charge in [-0.05, 0) is 30.7 Å². The van der Waals surface area contributed by atoms with Crippen molar-refractivity contribution < 1.29 is 14.3 Å². The van der Waals surface area contributed by atoms with E-state index in [2.05, 4.69) is 10.1 Å². The molecule has 2 aromatic rings. The van der Waals surface area contributed by atoms with Crippen LogP contribution in [0.15, 0.2) is 24.5 Å². The predicted molar refractivity (Wildman–Crippen MR) is 53.0 cm³/mol. The van der Waals surface area contributed by atoms with E-state index in [4.69, 9.17) is 5.11 Å². The number of aromatic nitrogens is 3. The third kappa shape index (κ3) is 1.77. The highest BCUT2D eigenvalue weighted by Gasteiger charge is 2.10. The van der Waals surface area contributed by atoms with Gasteiger partial charge in [-0.1, -0.05) is 0 Å². The molecule has 0 aliphatic rings. The van der Waals surface area contributed by atoms with Gasteiger partial charge in [-0.25, -0.2) is 18.9 Å². The summed E-state index contributed by atoms with van der Waals surface area (Å²) in [4.78, 5) is 14.2. The van der Waals surface area contributed by atoms with Crippen LogP contribution in [0.3, 0.4) is 0 Å². The van der Waals surface area contributed by atoms with Crippen LogP contribution >= 0.6 is 0 Å². The lowest BCUT2D eigenvalue weighted by Gasteiger charge is -2.01. The molecule has 0 saturated carbocycles. The van der Waals surface area contributed by atoms with Crippen LogP contribution < -0.4 is 0 Å². The molecular formula is C10H8FN3O2. The third-order valence-electron chi connectivity index (χ3n) is 2.09. The molecule has 0 aliphatic carbocycles. The van der Waals surface area contributed by atoms with Gasteiger partial charge in [0.25, 0.3) is 5.82 Å². The Morgan fingerprint density at radius 2 is 2.25 bits per heavy atom. The van der Waals surface area contributed by atoms with Crippen LogP contribution in [-0.4, -0.2) is 25.8 Å². The van der Waals surface area contributed by atoms with Gasteiger partial charge in [-0.15, -0.1) is 5.10 Å². The molecule has 0 bridgehead atoms. The SMILES string of the molecule is Cc1cc(-n2cnc(C(=O)O)n2)ccc1F. The van der Waals surface area contributed by atoms with Gasteiger partial charge in [-0.3, -0.25) is 0 Å². The summed E-state index contributed by atoms with van der Waals surface area (Å²) in [6.45, 7) is 1.62. The van der Waals surface area contributed by atoms with E-state index < -0.39 is 5.97 Å². The van der Waals surface area contributed by atoms with E-state index in [-0.39, 0.29) is 11.6 Å². The number of halogens is 1. The summed E-state index contributed by atoms with van der Waals surface area (Å²) >= 11 is 0. The smallest absolute Gasteiger partial charge is 0.375 e. The van der Waals surface area contributed by atoms with Gasteiger partial charge in [0, 0.05) is 0 Å². The van der Waals surface area contributed by atoms with Crippen molar-refractivity contribution in [3.8, 4) is 5.69 Å². The first-order valence-corrected chi connectivity index (χ1v) is 4.49. The molecule has 0 saturated heterocycles. The monoisotopic (exact) mass is 221 g/mol. The minimum Gasteiger partial charge on any atom is -0.475 e. The van der Waals surface area contributed by atoms with Crippen LogP contribution in [0.2, 0.25) is 0 Å². The number of carboxylic acids is 1. The van der Waals surface area contributed by atoms with Crippen LogP contribution in [0.4, 0.5) is 4.39 Å². The Morgan fingerprint density at radius 3 is 2.81 bits per heavy atom. The van der Waals surface area contributed by atoms with E-state index in [1.54, 1.807) is 13.0 Å². The lowest BCUT2D eigenvalue weighted by molar-refractivity contribution is 0.0683. The van der Waals surface area contributed by atoms with Gasteiger partial charge in [-0.2, -0.15) is 0 Å². The molecule has 0 radical (unpaired) electrons. The fourth-order valence-corrected chi connectivity index (χ4v) is 1.26. The second-order valence-electron chi connectivity index (χ2n) is 3.25. The molecule has 6 heteroatoms. The van der Waals surface area contributed by atoms with Gasteiger partial charge in [0.1, 0.15) is 12.1 Å². The molecule has 0 fully saturated rings. The van der Waals surface area contributed by atoms with Crippen molar-refractivity contribution >= 4 is 5.97 Å². The van der Waals surface area contributed by atoms with Crippen molar-refractivity contribution in [2.45, 2.75) is 6.92 Å². The first kappa shape index (κ1) is 10.3. The van der Waals surface area contributed by atoms with Crippen molar-refractivity contribution in [3.05, 3.63) is 41.7 Å². The van der Waals surface area contributed by atoms with Crippen molar-refractivity contribution in [2.75, 3.05) is 0 Å². The summed E-state index contributed by atoms with van der Waals surface area (Å²) in [6, 6.07) is 4.37. The van der Waals surface area contributed by atoms with Crippen LogP contribution in [-0.2, 0) is 0 Å². The second kappa shape index (κ2) is 3.73. The molecule has 2 rings (SSSR count). The fraction of sp³-hybridized carbons (Fsp3) is 0.100. The van der Waals surface area contributed by atoms with E-state index >= 15 is 0 Å². The lowest BCUT2D eigenvalue weighted by Crippen LogP contribution is -2.02. The largest absolute Gasteiger partial charge is 0.475 e. The van der Waals surface area contributed by atoms with E-state index in [1.807, 2.05) is 0 Å². The predicted octanol–water partition coefficient (Wildman–Crippen LogP) is 1.41.